The summed E-state index contributed by atoms with van der Waals surface area (Å²) < 4.78 is 10.6. The molecule has 0 spiro atoms. The van der Waals surface area contributed by atoms with Crippen LogP contribution in [0.2, 0.25) is 0 Å². The van der Waals surface area contributed by atoms with Crippen LogP contribution in [0.25, 0.3) is 0 Å². The van der Waals surface area contributed by atoms with Gasteiger partial charge in [-0.2, -0.15) is 0 Å². The molecule has 0 aromatic heterocycles. The van der Waals surface area contributed by atoms with Crippen LogP contribution in [0.3, 0.4) is 0 Å². The fourth-order valence-electron chi connectivity index (χ4n) is 4.35. The van der Waals surface area contributed by atoms with E-state index in [1.807, 2.05) is 4.90 Å². The first-order valence-electron chi connectivity index (χ1n) is 8.87. The van der Waals surface area contributed by atoms with Crippen LogP contribution >= 0.6 is 0 Å². The van der Waals surface area contributed by atoms with Crippen molar-refractivity contribution in [1.82, 2.24) is 9.80 Å². The van der Waals surface area contributed by atoms with Crippen molar-refractivity contribution in [1.29, 1.82) is 0 Å². The Bertz CT molecular complexity index is 636. The minimum atomic E-state index is -0.0756. The molecule has 2 heterocycles. The minimum absolute atomic E-state index is 0.0231. The lowest BCUT2D eigenvalue weighted by molar-refractivity contribution is -0.0601. The molecule has 1 amide bonds. The first-order valence-corrected chi connectivity index (χ1v) is 8.87. The zero-order valence-corrected chi connectivity index (χ0v) is 15.3. The summed E-state index contributed by atoms with van der Waals surface area (Å²) in [5.41, 5.74) is 0.478. The number of hydrogen-bond donors (Lipinski definition) is 1. The number of piperidine rings is 2. The van der Waals surface area contributed by atoms with Crippen LogP contribution in [0.1, 0.15) is 29.6 Å². The predicted molar refractivity (Wildman–Crippen MR) is 95.2 cm³/mol. The number of fused-ring (bicyclic) bond motifs is 1. The Hall–Kier alpha value is -1.79. The summed E-state index contributed by atoms with van der Waals surface area (Å²) in [5, 5.41) is 10.0. The normalized spacial score (nSPS) is 26.9. The number of benzene rings is 1. The molecule has 2 aliphatic rings. The van der Waals surface area contributed by atoms with E-state index < -0.39 is 0 Å². The average molecular weight is 348 g/mol. The number of aliphatic hydroxyl groups is 1. The number of aliphatic hydroxyl groups excluding tert-OH is 1. The van der Waals surface area contributed by atoms with Crippen molar-refractivity contribution in [3.8, 4) is 11.5 Å². The number of carbonyl (C=O) groups excluding carboxylic acids is 1. The van der Waals surface area contributed by atoms with Crippen molar-refractivity contribution in [3.63, 3.8) is 0 Å². The molecule has 0 radical (unpaired) electrons. The lowest BCUT2D eigenvalue weighted by Crippen LogP contribution is -2.62. The third-order valence-corrected chi connectivity index (χ3v) is 5.94. The average Bonchev–Trinajstić information content (AvgIpc) is 2.66. The number of ether oxygens (including phenoxy) is 2. The van der Waals surface area contributed by atoms with Crippen LogP contribution in [-0.2, 0) is 0 Å². The maximum atomic E-state index is 13.1. The highest BCUT2D eigenvalue weighted by Crippen LogP contribution is 2.42. The van der Waals surface area contributed by atoms with Gasteiger partial charge in [0, 0.05) is 30.6 Å². The van der Waals surface area contributed by atoms with E-state index in [1.54, 1.807) is 32.4 Å². The van der Waals surface area contributed by atoms with E-state index in [1.165, 1.54) is 0 Å². The van der Waals surface area contributed by atoms with Crippen LogP contribution in [0, 0.1) is 5.41 Å². The molecule has 2 saturated heterocycles. The minimum Gasteiger partial charge on any atom is -0.497 e. The van der Waals surface area contributed by atoms with E-state index in [0.717, 1.165) is 25.8 Å². The molecule has 0 bridgehead atoms. The van der Waals surface area contributed by atoms with Gasteiger partial charge in [0.05, 0.1) is 26.4 Å². The number of nitrogens with zero attached hydrogens (tertiary/aromatic N) is 2. The second kappa shape index (κ2) is 7.22. The van der Waals surface area contributed by atoms with Crippen molar-refractivity contribution >= 4 is 5.91 Å². The molecule has 2 fully saturated rings. The van der Waals surface area contributed by atoms with Crippen molar-refractivity contribution in [2.45, 2.75) is 25.3 Å². The van der Waals surface area contributed by atoms with Crippen molar-refractivity contribution in [2.24, 2.45) is 5.41 Å². The van der Waals surface area contributed by atoms with Gasteiger partial charge in [-0.05, 0) is 45.0 Å². The van der Waals surface area contributed by atoms with Crippen molar-refractivity contribution in [2.75, 3.05) is 47.5 Å². The Morgan fingerprint density at radius 2 is 2.08 bits per heavy atom. The summed E-state index contributed by atoms with van der Waals surface area (Å²) in [5.74, 6) is 1.17. The van der Waals surface area contributed by atoms with Gasteiger partial charge in [0.15, 0.2) is 0 Å². The first kappa shape index (κ1) is 18.0. The van der Waals surface area contributed by atoms with Crippen molar-refractivity contribution in [3.05, 3.63) is 23.8 Å². The number of amides is 1. The summed E-state index contributed by atoms with van der Waals surface area (Å²) in [6.07, 6.45) is 2.98. The van der Waals surface area contributed by atoms with Gasteiger partial charge in [-0.3, -0.25) is 4.79 Å². The molecule has 6 heteroatoms. The predicted octanol–water partition coefficient (Wildman–Crippen LogP) is 1.62. The van der Waals surface area contributed by atoms with Gasteiger partial charge < -0.3 is 24.4 Å². The fourth-order valence-corrected chi connectivity index (χ4v) is 4.35. The highest BCUT2D eigenvalue weighted by Gasteiger charge is 2.47. The number of likely N-dealkylation sites (N-methyl/N-ethyl adjacent to an activating group) is 1. The number of hydrogen-bond acceptors (Lipinski definition) is 5. The highest BCUT2D eigenvalue weighted by atomic mass is 16.5. The van der Waals surface area contributed by atoms with Crippen LogP contribution in [0.5, 0.6) is 11.5 Å². The second-order valence-electron chi connectivity index (χ2n) is 7.19. The molecule has 2 aliphatic heterocycles. The molecular formula is C19H28N2O4. The quantitative estimate of drug-likeness (QED) is 0.896. The van der Waals surface area contributed by atoms with Crippen LogP contribution < -0.4 is 9.47 Å². The summed E-state index contributed by atoms with van der Waals surface area (Å²) in [6, 6.07) is 5.48. The monoisotopic (exact) mass is 348 g/mol. The lowest BCUT2D eigenvalue weighted by Gasteiger charge is -2.53. The van der Waals surface area contributed by atoms with Gasteiger partial charge in [0.25, 0.3) is 5.91 Å². The van der Waals surface area contributed by atoms with E-state index in [4.69, 9.17) is 9.47 Å². The maximum Gasteiger partial charge on any atom is 0.257 e. The molecule has 1 aromatic rings. The Kier molecular flexibility index (Phi) is 5.20. The number of methoxy groups -OCH3 is 2. The molecule has 25 heavy (non-hydrogen) atoms. The standard InChI is InChI=1S/C19H28N2O4/c1-20-9-4-7-19(13-22)8-10-21(12-17(19)20)18(23)15-6-5-14(24-2)11-16(15)25-3/h5-6,11,17,22H,4,7-10,12-13H2,1-3H3/t17-,19-/m1/s1. The molecule has 0 saturated carbocycles. The fraction of sp³-hybridized carbons (Fsp3) is 0.632. The molecule has 3 rings (SSSR count). The van der Waals surface area contributed by atoms with Gasteiger partial charge in [-0.1, -0.05) is 0 Å². The van der Waals surface area contributed by atoms with E-state index >= 15 is 0 Å². The van der Waals surface area contributed by atoms with Crippen LogP contribution in [0.15, 0.2) is 18.2 Å². The van der Waals surface area contributed by atoms with Gasteiger partial charge in [0.2, 0.25) is 0 Å². The number of carbonyl (C=O) groups is 1. The van der Waals surface area contributed by atoms with E-state index in [0.29, 0.717) is 30.2 Å². The van der Waals surface area contributed by atoms with E-state index in [9.17, 15) is 9.90 Å². The summed E-state index contributed by atoms with van der Waals surface area (Å²) in [4.78, 5) is 17.3. The van der Waals surface area contributed by atoms with Gasteiger partial charge in [-0.15, -0.1) is 0 Å². The molecule has 6 nitrogen and oxygen atoms in total. The van der Waals surface area contributed by atoms with E-state index in [-0.39, 0.29) is 24.0 Å². The van der Waals surface area contributed by atoms with Crippen molar-refractivity contribution < 1.29 is 19.4 Å². The Morgan fingerprint density at radius 1 is 1.28 bits per heavy atom. The highest BCUT2D eigenvalue weighted by molar-refractivity contribution is 5.97. The molecular weight excluding hydrogens is 320 g/mol. The molecule has 0 aliphatic carbocycles. The Labute approximate surface area is 149 Å². The summed E-state index contributed by atoms with van der Waals surface area (Å²) >= 11 is 0. The molecule has 2 atom stereocenters. The largest absolute Gasteiger partial charge is 0.497 e. The van der Waals surface area contributed by atoms with Crippen LogP contribution in [0.4, 0.5) is 0 Å². The molecule has 0 unspecified atom stereocenters. The van der Waals surface area contributed by atoms with Gasteiger partial charge in [-0.25, -0.2) is 0 Å². The zero-order chi connectivity index (χ0) is 18.0. The third kappa shape index (κ3) is 3.20. The lowest BCUT2D eigenvalue weighted by atomic mass is 9.69. The summed E-state index contributed by atoms with van der Waals surface area (Å²) in [7, 11) is 5.25. The molecule has 1 N–H and O–H groups in total. The second-order valence-corrected chi connectivity index (χ2v) is 7.19. The molecule has 1 aromatic carbocycles. The first-order chi connectivity index (χ1) is 12.0. The Morgan fingerprint density at radius 3 is 2.76 bits per heavy atom. The van der Waals surface area contributed by atoms with Gasteiger partial charge >= 0.3 is 0 Å². The maximum absolute atomic E-state index is 13.1. The van der Waals surface area contributed by atoms with E-state index in [2.05, 4.69) is 11.9 Å². The topological polar surface area (TPSA) is 62.2 Å². The Balaban J connectivity index is 1.82. The number of likely N-dealkylation sites (tertiary alicyclic amines) is 2. The third-order valence-electron chi connectivity index (χ3n) is 5.94. The van der Waals surface area contributed by atoms with Gasteiger partial charge in [0.1, 0.15) is 11.5 Å². The van der Waals surface area contributed by atoms with Crippen LogP contribution in [-0.4, -0.2) is 74.4 Å². The summed E-state index contributed by atoms with van der Waals surface area (Å²) in [6.45, 7) is 2.51. The molecule has 138 valence electrons. The zero-order valence-electron chi connectivity index (χ0n) is 15.3. The number of rotatable bonds is 4. The SMILES string of the molecule is COc1ccc(C(=O)N2CC[C@@]3(CO)CCCN(C)[C@@H]3C2)c(OC)c1. The smallest absolute Gasteiger partial charge is 0.257 e.